The number of ether oxygens (including phenoxy) is 1. The number of ketones is 1. The Morgan fingerprint density at radius 2 is 1.89 bits per heavy atom. The molecule has 0 amide bonds. The summed E-state index contributed by atoms with van der Waals surface area (Å²) in [5.41, 5.74) is 0.443. The summed E-state index contributed by atoms with van der Waals surface area (Å²) in [5.74, 6) is -1.06. The predicted molar refractivity (Wildman–Crippen MR) is 76.3 cm³/mol. The molecule has 0 atom stereocenters. The van der Waals surface area contributed by atoms with E-state index < -0.39 is 5.97 Å². The number of carbonyl (C=O) groups is 2. The molecule has 0 aliphatic rings. The van der Waals surface area contributed by atoms with Gasteiger partial charge < -0.3 is 4.74 Å². The second-order valence-electron chi connectivity index (χ2n) is 4.21. The van der Waals surface area contributed by atoms with Crippen LogP contribution in [0, 0.1) is 0 Å². The van der Waals surface area contributed by atoms with Crippen LogP contribution >= 0.6 is 23.2 Å². The third-order valence-corrected chi connectivity index (χ3v) is 3.06. The zero-order valence-corrected chi connectivity index (χ0v) is 12.4. The summed E-state index contributed by atoms with van der Waals surface area (Å²) >= 11 is 11.9. The summed E-state index contributed by atoms with van der Waals surface area (Å²) in [5, 5.41) is 0.649. The third-order valence-electron chi connectivity index (χ3n) is 2.22. The van der Waals surface area contributed by atoms with E-state index in [1.165, 1.54) is 13.0 Å². The molecule has 1 rings (SSSR count). The minimum Gasteiger partial charge on any atom is -0.459 e. The van der Waals surface area contributed by atoms with E-state index in [1.54, 1.807) is 32.0 Å². The zero-order valence-electron chi connectivity index (χ0n) is 10.9. The highest BCUT2D eigenvalue weighted by atomic mass is 35.5. The van der Waals surface area contributed by atoms with Crippen LogP contribution in [0.5, 0.6) is 0 Å². The molecule has 0 bridgehead atoms. The summed E-state index contributed by atoms with van der Waals surface area (Å²) in [4.78, 5) is 23.3. The van der Waals surface area contributed by atoms with Gasteiger partial charge in [-0.1, -0.05) is 35.3 Å². The van der Waals surface area contributed by atoms with Gasteiger partial charge in [-0.3, -0.25) is 4.79 Å². The molecular formula is C14H14Cl2O3. The number of rotatable bonds is 4. The molecule has 0 heterocycles. The van der Waals surface area contributed by atoms with Gasteiger partial charge in [-0.15, -0.1) is 0 Å². The molecule has 0 aromatic heterocycles. The van der Waals surface area contributed by atoms with E-state index in [0.717, 1.165) is 0 Å². The van der Waals surface area contributed by atoms with Crippen molar-refractivity contribution in [2.45, 2.75) is 26.9 Å². The highest BCUT2D eigenvalue weighted by molar-refractivity contribution is 6.43. The lowest BCUT2D eigenvalue weighted by Gasteiger charge is -2.09. The van der Waals surface area contributed by atoms with Crippen molar-refractivity contribution in [2.75, 3.05) is 0 Å². The first kappa shape index (κ1) is 15.7. The van der Waals surface area contributed by atoms with Crippen molar-refractivity contribution in [1.29, 1.82) is 0 Å². The Kier molecular flexibility index (Phi) is 5.58. The van der Waals surface area contributed by atoms with Crippen LogP contribution in [0.25, 0.3) is 6.08 Å². The van der Waals surface area contributed by atoms with Gasteiger partial charge in [-0.05, 0) is 38.5 Å². The van der Waals surface area contributed by atoms with Gasteiger partial charge in [-0.2, -0.15) is 0 Å². The molecule has 3 nitrogen and oxygen atoms in total. The lowest BCUT2D eigenvalue weighted by Crippen LogP contribution is -2.17. The van der Waals surface area contributed by atoms with Crippen molar-refractivity contribution in [3.05, 3.63) is 39.4 Å². The van der Waals surface area contributed by atoms with E-state index in [1.807, 2.05) is 0 Å². The van der Waals surface area contributed by atoms with Gasteiger partial charge in [0.15, 0.2) is 5.78 Å². The van der Waals surface area contributed by atoms with Gasteiger partial charge >= 0.3 is 5.97 Å². The third kappa shape index (κ3) is 4.37. The number of hydrogen-bond donors (Lipinski definition) is 0. The van der Waals surface area contributed by atoms with Crippen molar-refractivity contribution < 1.29 is 14.3 Å². The summed E-state index contributed by atoms with van der Waals surface area (Å²) in [6.45, 7) is 4.72. The molecule has 0 saturated heterocycles. The molecule has 19 heavy (non-hydrogen) atoms. The number of carbonyl (C=O) groups excluding carboxylic acids is 2. The van der Waals surface area contributed by atoms with Gasteiger partial charge in [0.2, 0.25) is 0 Å². The Hall–Kier alpha value is -1.32. The summed E-state index contributed by atoms with van der Waals surface area (Å²) in [7, 11) is 0. The second kappa shape index (κ2) is 6.73. The van der Waals surface area contributed by atoms with E-state index in [9.17, 15) is 9.59 Å². The first-order chi connectivity index (χ1) is 8.82. The molecule has 0 unspecified atom stereocenters. The molecule has 102 valence electrons. The average molecular weight is 301 g/mol. The van der Waals surface area contributed by atoms with Crippen LogP contribution in [-0.4, -0.2) is 17.9 Å². The smallest absolute Gasteiger partial charge is 0.342 e. The van der Waals surface area contributed by atoms with Crippen LogP contribution < -0.4 is 0 Å². The van der Waals surface area contributed by atoms with Crippen molar-refractivity contribution >= 4 is 41.0 Å². The minimum absolute atomic E-state index is 0.0575. The number of hydrogen-bond acceptors (Lipinski definition) is 3. The fourth-order valence-electron chi connectivity index (χ4n) is 1.37. The number of esters is 1. The van der Waals surface area contributed by atoms with E-state index in [2.05, 4.69) is 0 Å². The van der Waals surface area contributed by atoms with Crippen LogP contribution in [-0.2, 0) is 14.3 Å². The standard InChI is InChI=1S/C14H14Cl2O3/c1-8(2)19-14(18)11(9(3)17)7-10-5-4-6-12(15)13(10)16/h4-8H,1-3H3. The van der Waals surface area contributed by atoms with Gasteiger partial charge in [0.1, 0.15) is 5.57 Å². The Morgan fingerprint density at radius 3 is 2.42 bits per heavy atom. The van der Waals surface area contributed by atoms with Crippen LogP contribution in [0.1, 0.15) is 26.3 Å². The maximum absolute atomic E-state index is 11.8. The van der Waals surface area contributed by atoms with Crippen LogP contribution in [0.3, 0.4) is 0 Å². The molecule has 0 aliphatic carbocycles. The molecular weight excluding hydrogens is 287 g/mol. The average Bonchev–Trinajstić information content (AvgIpc) is 2.29. The molecule has 0 aliphatic heterocycles. The van der Waals surface area contributed by atoms with E-state index in [4.69, 9.17) is 27.9 Å². The van der Waals surface area contributed by atoms with Crippen LogP contribution in [0.2, 0.25) is 10.0 Å². The maximum Gasteiger partial charge on any atom is 0.342 e. The molecule has 1 aromatic rings. The second-order valence-corrected chi connectivity index (χ2v) is 5.00. The normalized spacial score (nSPS) is 11.6. The molecule has 1 aromatic carbocycles. The number of benzene rings is 1. The molecule has 5 heteroatoms. The Labute approximate surface area is 122 Å². The van der Waals surface area contributed by atoms with Gasteiger partial charge in [0, 0.05) is 0 Å². The fourth-order valence-corrected chi connectivity index (χ4v) is 1.73. The van der Waals surface area contributed by atoms with Crippen LogP contribution in [0.15, 0.2) is 23.8 Å². The largest absolute Gasteiger partial charge is 0.459 e. The monoisotopic (exact) mass is 300 g/mol. The van der Waals surface area contributed by atoms with Crippen LogP contribution in [0.4, 0.5) is 0 Å². The molecule has 0 N–H and O–H groups in total. The van der Waals surface area contributed by atoms with Crippen molar-refractivity contribution in [1.82, 2.24) is 0 Å². The lowest BCUT2D eigenvalue weighted by molar-refractivity contribution is -0.143. The molecule has 0 fully saturated rings. The van der Waals surface area contributed by atoms with Crippen molar-refractivity contribution in [3.63, 3.8) is 0 Å². The van der Waals surface area contributed by atoms with E-state index >= 15 is 0 Å². The highest BCUT2D eigenvalue weighted by Crippen LogP contribution is 2.27. The number of halogens is 2. The number of Topliss-reactive ketones (excluding diaryl/α,β-unsaturated/α-hetero) is 1. The molecule has 0 spiro atoms. The Morgan fingerprint density at radius 1 is 1.26 bits per heavy atom. The SMILES string of the molecule is CC(=O)C(=Cc1cccc(Cl)c1Cl)C(=O)OC(C)C. The van der Waals surface area contributed by atoms with Gasteiger partial charge in [0.05, 0.1) is 16.1 Å². The predicted octanol–water partition coefficient (Wildman–Crippen LogP) is 3.92. The van der Waals surface area contributed by atoms with Crippen molar-refractivity contribution in [2.24, 2.45) is 0 Å². The maximum atomic E-state index is 11.8. The van der Waals surface area contributed by atoms with E-state index in [0.29, 0.717) is 15.6 Å². The Balaban J connectivity index is 3.19. The molecule has 0 saturated carbocycles. The Bertz CT molecular complexity index is 533. The quantitative estimate of drug-likeness (QED) is 0.366. The minimum atomic E-state index is -0.668. The van der Waals surface area contributed by atoms with Gasteiger partial charge in [-0.25, -0.2) is 4.79 Å². The fraction of sp³-hybridized carbons (Fsp3) is 0.286. The first-order valence-corrected chi connectivity index (χ1v) is 6.46. The zero-order chi connectivity index (χ0) is 14.6. The lowest BCUT2D eigenvalue weighted by atomic mass is 10.1. The highest BCUT2D eigenvalue weighted by Gasteiger charge is 2.18. The van der Waals surface area contributed by atoms with Gasteiger partial charge in [0.25, 0.3) is 0 Å². The first-order valence-electron chi connectivity index (χ1n) is 5.70. The summed E-state index contributed by atoms with van der Waals surface area (Å²) < 4.78 is 5.01. The molecule has 0 radical (unpaired) electrons. The summed E-state index contributed by atoms with van der Waals surface area (Å²) in [6, 6.07) is 4.98. The van der Waals surface area contributed by atoms with Crippen molar-refractivity contribution in [3.8, 4) is 0 Å². The van der Waals surface area contributed by atoms with E-state index in [-0.39, 0.29) is 17.5 Å². The summed E-state index contributed by atoms with van der Waals surface area (Å²) in [6.07, 6.45) is 1.09. The topological polar surface area (TPSA) is 43.4 Å².